The molecular weight excluding hydrogens is 511 g/mol. The Balaban J connectivity index is 1.42. The van der Waals surface area contributed by atoms with Gasteiger partial charge in [0.1, 0.15) is 17.1 Å². The van der Waals surface area contributed by atoms with Gasteiger partial charge in [0.25, 0.3) is 11.7 Å². The van der Waals surface area contributed by atoms with Crippen LogP contribution < -0.4 is 20.2 Å². The first-order valence-electron chi connectivity index (χ1n) is 11.9. The third-order valence-electron chi connectivity index (χ3n) is 6.06. The molecule has 1 aromatic heterocycles. The number of hydrogen-bond donors (Lipinski definition) is 1. The molecule has 0 bridgehead atoms. The Hall–Kier alpha value is -4.79. The number of benzene rings is 4. The highest BCUT2D eigenvalue weighted by molar-refractivity contribution is 5.92. The summed E-state index contributed by atoms with van der Waals surface area (Å²) in [7, 11) is 0. The van der Waals surface area contributed by atoms with E-state index in [9.17, 15) is 22.8 Å². The van der Waals surface area contributed by atoms with E-state index < -0.39 is 35.6 Å². The Morgan fingerprint density at radius 3 is 2.41 bits per heavy atom. The molecule has 0 fully saturated rings. The second-order valence-corrected chi connectivity index (χ2v) is 9.01. The van der Waals surface area contributed by atoms with Crippen LogP contribution in [0.5, 0.6) is 17.2 Å². The Kier molecular flexibility index (Phi) is 6.74. The molecule has 1 heterocycles. The SMILES string of the molecule is Cc1ccc(C)c(NC(=O)COc2ccc3c(=O)c(Oc4ccc5ccccc5c4)c(C(F)(F)F)oc3c2)c1. The Morgan fingerprint density at radius 2 is 1.64 bits per heavy atom. The van der Waals surface area contributed by atoms with Crippen LogP contribution >= 0.6 is 0 Å². The van der Waals surface area contributed by atoms with Gasteiger partial charge in [0, 0.05) is 11.8 Å². The summed E-state index contributed by atoms with van der Waals surface area (Å²) in [6.07, 6.45) is -5.01. The minimum Gasteiger partial charge on any atom is -0.484 e. The Labute approximate surface area is 220 Å². The molecule has 0 aliphatic carbocycles. The van der Waals surface area contributed by atoms with Gasteiger partial charge in [-0.3, -0.25) is 9.59 Å². The monoisotopic (exact) mass is 533 g/mol. The first-order valence-corrected chi connectivity index (χ1v) is 11.9. The van der Waals surface area contributed by atoms with Crippen molar-refractivity contribution >= 4 is 33.3 Å². The molecule has 198 valence electrons. The molecule has 0 aliphatic rings. The van der Waals surface area contributed by atoms with Crippen molar-refractivity contribution in [2.45, 2.75) is 20.0 Å². The molecule has 1 N–H and O–H groups in total. The molecule has 4 aromatic carbocycles. The van der Waals surface area contributed by atoms with Gasteiger partial charge >= 0.3 is 6.18 Å². The zero-order valence-corrected chi connectivity index (χ0v) is 20.9. The number of nitrogens with one attached hydrogen (secondary N) is 1. The molecule has 0 aliphatic heterocycles. The molecule has 0 radical (unpaired) electrons. The number of anilines is 1. The zero-order chi connectivity index (χ0) is 27.7. The maximum absolute atomic E-state index is 13.9. The lowest BCUT2D eigenvalue weighted by molar-refractivity contribution is -0.154. The predicted octanol–water partition coefficient (Wildman–Crippen LogP) is 7.39. The highest BCUT2D eigenvalue weighted by Gasteiger charge is 2.40. The lowest BCUT2D eigenvalue weighted by atomic mass is 10.1. The number of carbonyl (C=O) groups is 1. The molecule has 5 aromatic rings. The van der Waals surface area contributed by atoms with E-state index in [2.05, 4.69) is 5.32 Å². The van der Waals surface area contributed by atoms with E-state index in [-0.39, 0.29) is 22.5 Å². The zero-order valence-electron chi connectivity index (χ0n) is 20.9. The van der Waals surface area contributed by atoms with Gasteiger partial charge in [0.05, 0.1) is 5.39 Å². The molecule has 39 heavy (non-hydrogen) atoms. The number of alkyl halides is 3. The fourth-order valence-corrected chi connectivity index (χ4v) is 4.08. The van der Waals surface area contributed by atoms with Crippen LogP contribution in [0.4, 0.5) is 18.9 Å². The van der Waals surface area contributed by atoms with Crippen molar-refractivity contribution < 1.29 is 31.9 Å². The summed E-state index contributed by atoms with van der Waals surface area (Å²) in [6.45, 7) is 3.33. The van der Waals surface area contributed by atoms with Gasteiger partial charge in [-0.2, -0.15) is 13.2 Å². The molecule has 0 unspecified atom stereocenters. The molecule has 1 amide bonds. The largest absolute Gasteiger partial charge is 0.484 e. The number of carbonyl (C=O) groups excluding carboxylic acids is 1. The van der Waals surface area contributed by atoms with Crippen molar-refractivity contribution in [3.8, 4) is 17.2 Å². The number of aryl methyl sites for hydroxylation is 2. The second kappa shape index (κ2) is 10.2. The number of amides is 1. The van der Waals surface area contributed by atoms with E-state index in [1.165, 1.54) is 18.2 Å². The van der Waals surface area contributed by atoms with Crippen LogP contribution in [0.25, 0.3) is 21.7 Å². The van der Waals surface area contributed by atoms with Gasteiger partial charge in [0.15, 0.2) is 6.61 Å². The summed E-state index contributed by atoms with van der Waals surface area (Å²) in [5, 5.41) is 4.20. The second-order valence-electron chi connectivity index (χ2n) is 9.01. The highest BCUT2D eigenvalue weighted by Crippen LogP contribution is 2.39. The van der Waals surface area contributed by atoms with Gasteiger partial charge in [-0.25, -0.2) is 0 Å². The van der Waals surface area contributed by atoms with E-state index in [1.807, 2.05) is 44.2 Å². The van der Waals surface area contributed by atoms with E-state index >= 15 is 0 Å². The summed E-state index contributed by atoms with van der Waals surface area (Å²) in [5.41, 5.74) is 1.11. The van der Waals surface area contributed by atoms with Crippen molar-refractivity contribution in [2.75, 3.05) is 11.9 Å². The van der Waals surface area contributed by atoms with Crippen LogP contribution in [0.15, 0.2) is 88.1 Å². The highest BCUT2D eigenvalue weighted by atomic mass is 19.4. The van der Waals surface area contributed by atoms with Gasteiger partial charge in [0.2, 0.25) is 11.2 Å². The van der Waals surface area contributed by atoms with E-state index in [0.29, 0.717) is 5.69 Å². The standard InChI is InChI=1S/C30H22F3NO5/c1-17-7-8-18(2)24(13-17)34-26(35)16-37-21-11-12-23-25(15-21)39-29(30(31,32)33)28(27(23)36)38-22-10-9-19-5-3-4-6-20(19)14-22/h3-15H,16H2,1-2H3,(H,34,35). The number of halogens is 3. The predicted molar refractivity (Wildman–Crippen MR) is 142 cm³/mol. The molecule has 0 spiro atoms. The molecule has 6 nitrogen and oxygen atoms in total. The average molecular weight is 534 g/mol. The smallest absolute Gasteiger partial charge is 0.453 e. The number of hydrogen-bond acceptors (Lipinski definition) is 5. The van der Waals surface area contributed by atoms with E-state index in [0.717, 1.165) is 28.0 Å². The molecular formula is C30H22F3NO5. The van der Waals surface area contributed by atoms with Gasteiger partial charge < -0.3 is 19.2 Å². The van der Waals surface area contributed by atoms with Crippen molar-refractivity contribution in [1.82, 2.24) is 0 Å². The van der Waals surface area contributed by atoms with Crippen LogP contribution in [0, 0.1) is 13.8 Å². The fourth-order valence-electron chi connectivity index (χ4n) is 4.08. The number of ether oxygens (including phenoxy) is 2. The Bertz CT molecular complexity index is 1780. The Morgan fingerprint density at radius 1 is 0.897 bits per heavy atom. The first-order chi connectivity index (χ1) is 18.6. The fraction of sp³-hybridized carbons (Fsp3) is 0.133. The molecule has 0 atom stereocenters. The van der Waals surface area contributed by atoms with Crippen LogP contribution in [-0.2, 0) is 11.0 Å². The topological polar surface area (TPSA) is 77.8 Å². The average Bonchev–Trinajstić information content (AvgIpc) is 2.90. The summed E-state index contributed by atoms with van der Waals surface area (Å²) < 4.78 is 57.9. The van der Waals surface area contributed by atoms with Crippen LogP contribution in [0.3, 0.4) is 0 Å². The van der Waals surface area contributed by atoms with Crippen LogP contribution in [0.1, 0.15) is 16.9 Å². The summed E-state index contributed by atoms with van der Waals surface area (Å²) in [6, 6.07) is 21.3. The minimum atomic E-state index is -5.01. The summed E-state index contributed by atoms with van der Waals surface area (Å²) >= 11 is 0. The van der Waals surface area contributed by atoms with Crippen molar-refractivity contribution in [2.24, 2.45) is 0 Å². The molecule has 0 saturated heterocycles. The number of fused-ring (bicyclic) bond motifs is 2. The van der Waals surface area contributed by atoms with Crippen molar-refractivity contribution in [1.29, 1.82) is 0 Å². The van der Waals surface area contributed by atoms with E-state index in [4.69, 9.17) is 13.9 Å². The maximum Gasteiger partial charge on any atom is 0.453 e. The van der Waals surface area contributed by atoms with Crippen LogP contribution in [0.2, 0.25) is 0 Å². The molecule has 0 saturated carbocycles. The summed E-state index contributed by atoms with van der Waals surface area (Å²) in [4.78, 5) is 25.5. The van der Waals surface area contributed by atoms with Gasteiger partial charge in [-0.1, -0.05) is 42.5 Å². The van der Waals surface area contributed by atoms with Gasteiger partial charge in [-0.05, 0) is 66.1 Å². The number of rotatable bonds is 6. The normalized spacial score (nSPS) is 11.5. The van der Waals surface area contributed by atoms with E-state index in [1.54, 1.807) is 24.3 Å². The third-order valence-corrected chi connectivity index (χ3v) is 6.06. The van der Waals surface area contributed by atoms with Crippen LogP contribution in [-0.4, -0.2) is 12.5 Å². The minimum absolute atomic E-state index is 0.0538. The van der Waals surface area contributed by atoms with Crippen molar-refractivity contribution in [3.05, 3.63) is 106 Å². The first kappa shape index (κ1) is 25.8. The summed E-state index contributed by atoms with van der Waals surface area (Å²) in [5.74, 6) is -2.89. The lowest BCUT2D eigenvalue weighted by Crippen LogP contribution is -2.20. The van der Waals surface area contributed by atoms with Gasteiger partial charge in [-0.15, -0.1) is 0 Å². The molecule has 5 rings (SSSR count). The molecule has 9 heteroatoms. The quantitative estimate of drug-likeness (QED) is 0.246. The third kappa shape index (κ3) is 5.57. The maximum atomic E-state index is 13.9. The van der Waals surface area contributed by atoms with Crippen molar-refractivity contribution in [3.63, 3.8) is 0 Å². The lowest BCUT2D eigenvalue weighted by Gasteiger charge is -2.14.